The van der Waals surface area contributed by atoms with Crippen molar-refractivity contribution in [1.82, 2.24) is 9.78 Å². The number of carbonyl (C=O) groups is 1. The molecule has 19 heavy (non-hydrogen) atoms. The molecule has 0 aliphatic heterocycles. The van der Waals surface area contributed by atoms with Gasteiger partial charge >= 0.3 is 0 Å². The zero-order chi connectivity index (χ0) is 14.0. The lowest BCUT2D eigenvalue weighted by Gasteiger charge is -2.08. The molecule has 0 atom stereocenters. The third kappa shape index (κ3) is 3.26. The number of benzene rings is 1. The lowest BCUT2D eigenvalue weighted by atomic mass is 9.99. The molecule has 3 nitrogen and oxygen atoms in total. The summed E-state index contributed by atoms with van der Waals surface area (Å²) in [6.45, 7) is 6.11. The zero-order valence-electron chi connectivity index (χ0n) is 11.7. The summed E-state index contributed by atoms with van der Waals surface area (Å²) in [5.74, 6) is 0.629. The Bertz CT molecular complexity index is 617. The molecule has 0 fully saturated rings. The summed E-state index contributed by atoms with van der Waals surface area (Å²) < 4.78 is 1.74. The fourth-order valence-corrected chi connectivity index (χ4v) is 2.76. The maximum Gasteiger partial charge on any atom is 0.173 e. The fourth-order valence-electron chi connectivity index (χ4n) is 1.96. The number of Topliss-reactive ketones (excluding diaryl/α,β-unsaturated/α-hetero) is 1. The van der Waals surface area contributed by atoms with Crippen LogP contribution in [0.2, 0.25) is 0 Å². The minimum absolute atomic E-state index is 0.175. The summed E-state index contributed by atoms with van der Waals surface area (Å²) >= 11 is 1.53. The first-order valence-corrected chi connectivity index (χ1v) is 7.18. The average Bonchev–Trinajstić information content (AvgIpc) is 2.77. The predicted octanol–water partition coefficient (Wildman–Crippen LogP) is 3.32. The van der Waals surface area contributed by atoms with Crippen LogP contribution in [0.25, 0.3) is 0 Å². The van der Waals surface area contributed by atoms with Gasteiger partial charge in [0.1, 0.15) is 0 Å². The number of hydrogen-bond donors (Lipinski definition) is 0. The Morgan fingerprint density at radius 2 is 1.89 bits per heavy atom. The van der Waals surface area contributed by atoms with Gasteiger partial charge in [-0.05, 0) is 43.5 Å². The molecule has 100 valence electrons. The van der Waals surface area contributed by atoms with Crippen LogP contribution in [0.4, 0.5) is 0 Å². The first-order valence-electron chi connectivity index (χ1n) is 6.20. The van der Waals surface area contributed by atoms with Gasteiger partial charge in [-0.1, -0.05) is 6.07 Å². The highest BCUT2D eigenvalue weighted by Crippen LogP contribution is 2.21. The topological polar surface area (TPSA) is 34.9 Å². The Labute approximate surface area is 118 Å². The Hall–Kier alpha value is -1.55. The van der Waals surface area contributed by atoms with Gasteiger partial charge in [-0.25, -0.2) is 0 Å². The molecule has 0 saturated carbocycles. The minimum Gasteiger partial charge on any atom is -0.293 e. The van der Waals surface area contributed by atoms with Gasteiger partial charge in [-0.2, -0.15) is 5.10 Å². The predicted molar refractivity (Wildman–Crippen MR) is 78.9 cm³/mol. The second-order valence-corrected chi connectivity index (χ2v) is 5.86. The van der Waals surface area contributed by atoms with Gasteiger partial charge in [0.15, 0.2) is 5.78 Å². The Morgan fingerprint density at radius 3 is 2.53 bits per heavy atom. The minimum atomic E-state index is 0.175. The van der Waals surface area contributed by atoms with Crippen LogP contribution in [-0.4, -0.2) is 21.3 Å². The molecule has 0 spiro atoms. The summed E-state index contributed by atoms with van der Waals surface area (Å²) in [7, 11) is 1.87. The molecule has 2 rings (SSSR count). The van der Waals surface area contributed by atoms with E-state index in [4.69, 9.17) is 0 Å². The van der Waals surface area contributed by atoms with Crippen LogP contribution < -0.4 is 0 Å². The molecule has 0 N–H and O–H groups in total. The molecule has 0 aliphatic carbocycles. The van der Waals surface area contributed by atoms with Crippen molar-refractivity contribution in [2.24, 2.45) is 7.05 Å². The maximum atomic E-state index is 12.3. The summed E-state index contributed by atoms with van der Waals surface area (Å²) in [6, 6.07) is 4.08. The molecule has 4 heteroatoms. The van der Waals surface area contributed by atoms with E-state index in [2.05, 4.69) is 18.1 Å². The van der Waals surface area contributed by atoms with Gasteiger partial charge in [0, 0.05) is 23.7 Å². The molecule has 0 amide bonds. The summed E-state index contributed by atoms with van der Waals surface area (Å²) in [5.41, 5.74) is 4.29. The molecular weight excluding hydrogens is 256 g/mol. The van der Waals surface area contributed by atoms with E-state index in [-0.39, 0.29) is 5.78 Å². The van der Waals surface area contributed by atoms with E-state index in [1.165, 1.54) is 22.9 Å². The van der Waals surface area contributed by atoms with Crippen molar-refractivity contribution in [3.63, 3.8) is 0 Å². The summed E-state index contributed by atoms with van der Waals surface area (Å²) in [6.07, 6.45) is 3.70. The molecule has 1 heterocycles. The average molecular weight is 274 g/mol. The van der Waals surface area contributed by atoms with Gasteiger partial charge in [-0.15, -0.1) is 11.8 Å². The molecule has 0 unspecified atom stereocenters. The van der Waals surface area contributed by atoms with Crippen LogP contribution in [0.3, 0.4) is 0 Å². The number of nitrogens with zero attached hydrogens (tertiary/aromatic N) is 2. The SMILES string of the molecule is Cc1cc(C)c(C(=O)CSc2cnn(C)c2)cc1C. The number of aromatic nitrogens is 2. The molecule has 1 aromatic carbocycles. The first-order chi connectivity index (χ1) is 8.97. The van der Waals surface area contributed by atoms with E-state index in [1.54, 1.807) is 10.9 Å². The van der Waals surface area contributed by atoms with Gasteiger partial charge in [-0.3, -0.25) is 9.48 Å². The standard InChI is InChI=1S/C15H18N2OS/c1-10-5-12(3)14(6-11(10)2)15(18)9-19-13-7-16-17(4)8-13/h5-8H,9H2,1-4H3. The molecular formula is C15H18N2OS. The summed E-state index contributed by atoms with van der Waals surface area (Å²) in [4.78, 5) is 13.3. The van der Waals surface area contributed by atoms with Crippen LogP contribution in [0, 0.1) is 20.8 Å². The van der Waals surface area contributed by atoms with Gasteiger partial charge in [0.2, 0.25) is 0 Å². The number of hydrogen-bond acceptors (Lipinski definition) is 3. The summed E-state index contributed by atoms with van der Waals surface area (Å²) in [5, 5.41) is 4.10. The molecule has 0 bridgehead atoms. The second-order valence-electron chi connectivity index (χ2n) is 4.81. The van der Waals surface area contributed by atoms with Crippen molar-refractivity contribution < 1.29 is 4.79 Å². The van der Waals surface area contributed by atoms with Crippen molar-refractivity contribution >= 4 is 17.5 Å². The quantitative estimate of drug-likeness (QED) is 0.633. The molecule has 0 aliphatic rings. The lowest BCUT2D eigenvalue weighted by molar-refractivity contribution is 0.102. The van der Waals surface area contributed by atoms with E-state index < -0.39 is 0 Å². The van der Waals surface area contributed by atoms with Crippen LogP contribution in [0.5, 0.6) is 0 Å². The van der Waals surface area contributed by atoms with Crippen molar-refractivity contribution in [2.45, 2.75) is 25.7 Å². The van der Waals surface area contributed by atoms with Crippen LogP contribution >= 0.6 is 11.8 Å². The Kier molecular flexibility index (Phi) is 4.10. The second kappa shape index (κ2) is 5.61. The third-order valence-electron chi connectivity index (χ3n) is 3.19. The maximum absolute atomic E-state index is 12.3. The highest BCUT2D eigenvalue weighted by Gasteiger charge is 2.11. The molecule has 0 saturated heterocycles. The largest absolute Gasteiger partial charge is 0.293 e. The van der Waals surface area contributed by atoms with E-state index >= 15 is 0 Å². The van der Waals surface area contributed by atoms with Gasteiger partial charge < -0.3 is 0 Å². The fraction of sp³-hybridized carbons (Fsp3) is 0.333. The Morgan fingerprint density at radius 1 is 1.21 bits per heavy atom. The third-order valence-corrected chi connectivity index (χ3v) is 4.14. The van der Waals surface area contributed by atoms with E-state index in [0.717, 1.165) is 16.0 Å². The van der Waals surface area contributed by atoms with Crippen molar-refractivity contribution in [2.75, 3.05) is 5.75 Å². The van der Waals surface area contributed by atoms with E-state index in [9.17, 15) is 4.79 Å². The zero-order valence-corrected chi connectivity index (χ0v) is 12.5. The van der Waals surface area contributed by atoms with Crippen LogP contribution in [0.15, 0.2) is 29.4 Å². The number of carbonyl (C=O) groups excluding carboxylic acids is 1. The number of thioether (sulfide) groups is 1. The number of ketones is 1. The van der Waals surface area contributed by atoms with Gasteiger partial charge in [0.05, 0.1) is 11.9 Å². The number of rotatable bonds is 4. The van der Waals surface area contributed by atoms with E-state index in [1.807, 2.05) is 33.2 Å². The Balaban J connectivity index is 2.10. The molecule has 2 aromatic rings. The van der Waals surface area contributed by atoms with Crippen molar-refractivity contribution in [1.29, 1.82) is 0 Å². The monoisotopic (exact) mass is 274 g/mol. The normalized spacial score (nSPS) is 10.7. The molecule has 0 radical (unpaired) electrons. The first kappa shape index (κ1) is 13.9. The highest BCUT2D eigenvalue weighted by molar-refractivity contribution is 8.00. The van der Waals surface area contributed by atoms with Crippen molar-refractivity contribution in [3.8, 4) is 0 Å². The number of aryl methyl sites for hydroxylation is 4. The van der Waals surface area contributed by atoms with E-state index in [0.29, 0.717) is 5.75 Å². The smallest absolute Gasteiger partial charge is 0.173 e. The van der Waals surface area contributed by atoms with Crippen molar-refractivity contribution in [3.05, 3.63) is 46.8 Å². The van der Waals surface area contributed by atoms with Gasteiger partial charge in [0.25, 0.3) is 0 Å². The molecule has 1 aromatic heterocycles. The van der Waals surface area contributed by atoms with Crippen LogP contribution in [0.1, 0.15) is 27.0 Å². The lowest BCUT2D eigenvalue weighted by Crippen LogP contribution is -2.06. The highest BCUT2D eigenvalue weighted by atomic mass is 32.2. The van der Waals surface area contributed by atoms with Crippen LogP contribution in [-0.2, 0) is 7.05 Å².